The third-order valence-electron chi connectivity index (χ3n) is 4.12. The van der Waals surface area contributed by atoms with E-state index in [1.165, 1.54) is 30.5 Å². The van der Waals surface area contributed by atoms with Gasteiger partial charge in [0, 0.05) is 24.0 Å². The Morgan fingerprint density at radius 2 is 1.86 bits per heavy atom. The molecule has 0 aliphatic heterocycles. The lowest BCUT2D eigenvalue weighted by Crippen LogP contribution is -2.43. The minimum absolute atomic E-state index is 0.117. The van der Waals surface area contributed by atoms with Crippen molar-refractivity contribution in [2.75, 3.05) is 4.42 Å². The number of rotatable bonds is 5. The number of aryl methyl sites for hydroxylation is 1. The second-order valence-electron chi connectivity index (χ2n) is 6.19. The Kier molecular flexibility index (Phi) is 5.71. The first-order valence-electron chi connectivity index (χ1n) is 8.25. The van der Waals surface area contributed by atoms with Crippen LogP contribution in [0.2, 0.25) is 5.15 Å². The number of amides is 1. The molecule has 0 aliphatic carbocycles. The molecule has 0 saturated heterocycles. The van der Waals surface area contributed by atoms with Crippen molar-refractivity contribution in [2.24, 2.45) is 0 Å². The fraction of sp³-hybridized carbons (Fsp3) is 0.167. The maximum atomic E-state index is 12.8. The summed E-state index contributed by atoms with van der Waals surface area (Å²) in [5, 5.41) is 9.29. The van der Waals surface area contributed by atoms with E-state index in [4.69, 9.17) is 28.5 Å². The van der Waals surface area contributed by atoms with Gasteiger partial charge in [-0.3, -0.25) is 19.0 Å². The lowest BCUT2D eigenvalue weighted by Gasteiger charge is -2.17. The van der Waals surface area contributed by atoms with Crippen LogP contribution in [0.15, 0.2) is 46.1 Å². The topological polar surface area (TPSA) is 114 Å². The fourth-order valence-corrected chi connectivity index (χ4v) is 3.15. The van der Waals surface area contributed by atoms with Gasteiger partial charge in [0.05, 0.1) is 16.6 Å². The van der Waals surface area contributed by atoms with Crippen molar-refractivity contribution in [3.8, 4) is 0 Å². The molecule has 2 heterocycles. The molecule has 0 spiro atoms. The molecule has 3 aromatic rings. The second kappa shape index (κ2) is 8.06. The summed E-state index contributed by atoms with van der Waals surface area (Å²) in [5.41, 5.74) is -0.510. The maximum Gasteiger partial charge on any atom is 0.332 e. The highest BCUT2D eigenvalue weighted by Gasteiger charge is 2.20. The molecule has 0 radical (unpaired) electrons. The summed E-state index contributed by atoms with van der Waals surface area (Å²) in [6.45, 7) is 0.386. The molecule has 3 rings (SSSR count). The van der Waals surface area contributed by atoms with E-state index in [9.17, 15) is 19.2 Å². The van der Waals surface area contributed by atoms with Crippen LogP contribution >= 0.6 is 23.4 Å². The minimum Gasteiger partial charge on any atom is -0.480 e. The molecule has 0 atom stereocenters. The van der Waals surface area contributed by atoms with Crippen molar-refractivity contribution in [1.29, 1.82) is 0 Å². The van der Waals surface area contributed by atoms with E-state index >= 15 is 0 Å². The largest absolute Gasteiger partial charge is 0.480 e. The molecular formula is C18H14Cl2N4O5. The number of carbonyl (C=O) groups excluding carboxylic acids is 1. The number of benzene rings is 1. The Bertz CT molecular complexity index is 1250. The zero-order chi connectivity index (χ0) is 21.3. The van der Waals surface area contributed by atoms with E-state index in [0.717, 1.165) is 14.5 Å². The molecule has 0 unspecified atom stereocenters. The number of aromatic nitrogens is 3. The van der Waals surface area contributed by atoms with Crippen molar-refractivity contribution in [1.82, 2.24) is 14.1 Å². The molecule has 1 aromatic carbocycles. The molecule has 0 bridgehead atoms. The summed E-state index contributed by atoms with van der Waals surface area (Å²) in [5.74, 6) is -2.06. The van der Waals surface area contributed by atoms with Gasteiger partial charge in [-0.15, -0.1) is 0 Å². The molecule has 9 nitrogen and oxygen atoms in total. The molecule has 11 heteroatoms. The molecule has 29 heavy (non-hydrogen) atoms. The van der Waals surface area contributed by atoms with Gasteiger partial charge in [-0.2, -0.15) is 0 Å². The van der Waals surface area contributed by atoms with Crippen LogP contribution < -0.4 is 15.7 Å². The normalized spacial score (nSPS) is 10.9. The number of hydrogen-bond donors (Lipinski definition) is 1. The van der Waals surface area contributed by atoms with Gasteiger partial charge >= 0.3 is 11.7 Å². The van der Waals surface area contributed by atoms with Gasteiger partial charge in [-0.05, 0) is 25.1 Å². The number of pyridine rings is 1. The van der Waals surface area contributed by atoms with E-state index in [1.807, 2.05) is 0 Å². The van der Waals surface area contributed by atoms with E-state index in [1.54, 1.807) is 13.0 Å². The predicted octanol–water partition coefficient (Wildman–Crippen LogP) is 1.79. The van der Waals surface area contributed by atoms with Crippen LogP contribution in [-0.2, 0) is 22.7 Å². The molecule has 1 amide bonds. The van der Waals surface area contributed by atoms with Crippen LogP contribution in [0.5, 0.6) is 0 Å². The van der Waals surface area contributed by atoms with Gasteiger partial charge in [-0.25, -0.2) is 18.8 Å². The van der Waals surface area contributed by atoms with Crippen LogP contribution in [0.25, 0.3) is 10.9 Å². The first-order valence-corrected chi connectivity index (χ1v) is 8.96. The summed E-state index contributed by atoms with van der Waals surface area (Å²) < 4.78 is 2.35. The quantitative estimate of drug-likeness (QED) is 0.481. The summed E-state index contributed by atoms with van der Waals surface area (Å²) in [6, 6.07) is 7.53. The number of anilines is 1. The van der Waals surface area contributed by atoms with Gasteiger partial charge in [0.2, 0.25) is 0 Å². The van der Waals surface area contributed by atoms with Crippen LogP contribution in [0.4, 0.5) is 5.69 Å². The standard InChI is InChI=1S/C18H14Cl2N4O5/c1-10-2-3-13-12(6-10)17(28)23(9-16(26)27)18(29)22(13)8-15(25)24(20)11-4-5-21-14(19)7-11/h2-7H,8-9H2,1H3,(H,26,27). The number of halogens is 2. The van der Waals surface area contributed by atoms with Crippen molar-refractivity contribution >= 4 is 51.8 Å². The lowest BCUT2D eigenvalue weighted by atomic mass is 10.1. The molecule has 2 aromatic heterocycles. The van der Waals surface area contributed by atoms with Crippen molar-refractivity contribution in [2.45, 2.75) is 20.0 Å². The van der Waals surface area contributed by atoms with Gasteiger partial charge in [-0.1, -0.05) is 23.2 Å². The first-order chi connectivity index (χ1) is 13.7. The molecule has 0 fully saturated rings. The SMILES string of the molecule is Cc1ccc2c(c1)c(=O)n(CC(=O)O)c(=O)n2CC(=O)N(Cl)c1ccnc(Cl)c1. The molecule has 150 valence electrons. The third-order valence-corrected chi connectivity index (χ3v) is 4.71. The third kappa shape index (κ3) is 4.15. The van der Waals surface area contributed by atoms with Crippen LogP contribution in [0.3, 0.4) is 0 Å². The fourth-order valence-electron chi connectivity index (χ4n) is 2.82. The number of carbonyl (C=O) groups is 2. The average Bonchev–Trinajstić information content (AvgIpc) is 2.67. The Morgan fingerprint density at radius 1 is 1.14 bits per heavy atom. The summed E-state index contributed by atoms with van der Waals surface area (Å²) >= 11 is 11.9. The average molecular weight is 437 g/mol. The Balaban J connectivity index is 2.13. The number of aliphatic carboxylic acids is 1. The number of nitrogens with zero attached hydrogens (tertiary/aromatic N) is 4. The predicted molar refractivity (Wildman–Crippen MR) is 107 cm³/mol. The van der Waals surface area contributed by atoms with E-state index in [0.29, 0.717) is 4.57 Å². The van der Waals surface area contributed by atoms with Crippen LogP contribution in [-0.4, -0.2) is 31.1 Å². The second-order valence-corrected chi connectivity index (χ2v) is 6.91. The van der Waals surface area contributed by atoms with E-state index < -0.39 is 36.2 Å². The minimum atomic E-state index is -1.36. The number of hydrogen-bond acceptors (Lipinski definition) is 5. The van der Waals surface area contributed by atoms with E-state index in [-0.39, 0.29) is 21.7 Å². The Labute approximate surface area is 173 Å². The van der Waals surface area contributed by atoms with Crippen LogP contribution in [0, 0.1) is 6.92 Å². The molecular weight excluding hydrogens is 423 g/mol. The van der Waals surface area contributed by atoms with Gasteiger partial charge in [0.25, 0.3) is 11.5 Å². The molecule has 0 saturated carbocycles. The number of fused-ring (bicyclic) bond motifs is 1. The lowest BCUT2D eigenvalue weighted by molar-refractivity contribution is -0.137. The number of carboxylic acids is 1. The van der Waals surface area contributed by atoms with Crippen molar-refractivity contribution in [3.63, 3.8) is 0 Å². The van der Waals surface area contributed by atoms with Gasteiger partial charge in [0.15, 0.2) is 0 Å². The Hall–Kier alpha value is -3.17. The Morgan fingerprint density at radius 3 is 2.52 bits per heavy atom. The highest BCUT2D eigenvalue weighted by Crippen LogP contribution is 2.20. The zero-order valence-corrected chi connectivity index (χ0v) is 16.5. The smallest absolute Gasteiger partial charge is 0.332 e. The van der Waals surface area contributed by atoms with Crippen LogP contribution in [0.1, 0.15) is 5.56 Å². The molecule has 1 N–H and O–H groups in total. The first kappa shape index (κ1) is 20.6. The van der Waals surface area contributed by atoms with Crippen molar-refractivity contribution in [3.05, 3.63) is 68.1 Å². The maximum absolute atomic E-state index is 12.8. The van der Waals surface area contributed by atoms with Gasteiger partial charge < -0.3 is 5.11 Å². The summed E-state index contributed by atoms with van der Waals surface area (Å²) in [6.07, 6.45) is 1.36. The number of carboxylic acid groups (broad SMARTS) is 1. The monoisotopic (exact) mass is 436 g/mol. The highest BCUT2D eigenvalue weighted by atomic mass is 35.5. The summed E-state index contributed by atoms with van der Waals surface area (Å²) in [4.78, 5) is 53.0. The zero-order valence-electron chi connectivity index (χ0n) is 15.0. The molecule has 0 aliphatic rings. The van der Waals surface area contributed by atoms with Gasteiger partial charge in [0.1, 0.15) is 18.2 Å². The van der Waals surface area contributed by atoms with E-state index in [2.05, 4.69) is 4.98 Å². The van der Waals surface area contributed by atoms with Crippen molar-refractivity contribution < 1.29 is 14.7 Å². The highest BCUT2D eigenvalue weighted by molar-refractivity contribution is 6.37. The summed E-state index contributed by atoms with van der Waals surface area (Å²) in [7, 11) is 0.